The molecule has 0 atom stereocenters. The van der Waals surface area contributed by atoms with Gasteiger partial charge < -0.3 is 14.9 Å². The highest BCUT2D eigenvalue weighted by atomic mass is 32.2. The van der Waals surface area contributed by atoms with Gasteiger partial charge in [0.1, 0.15) is 17.9 Å². The molecule has 1 aliphatic rings. The summed E-state index contributed by atoms with van der Waals surface area (Å²) in [6, 6.07) is 16.9. The summed E-state index contributed by atoms with van der Waals surface area (Å²) in [5, 5.41) is 11.0. The third kappa shape index (κ3) is 9.62. The Morgan fingerprint density at radius 1 is 0.614 bits per heavy atom. The van der Waals surface area contributed by atoms with E-state index in [0.717, 1.165) is 33.6 Å². The number of carbonyl (C=O) groups is 1. The van der Waals surface area contributed by atoms with Crippen molar-refractivity contribution in [2.75, 3.05) is 30.4 Å². The summed E-state index contributed by atoms with van der Waals surface area (Å²) in [6.45, 7) is 4.16. The van der Waals surface area contributed by atoms with Crippen LogP contribution in [0.4, 0.5) is 11.4 Å². The van der Waals surface area contributed by atoms with Crippen molar-refractivity contribution >= 4 is 82.0 Å². The van der Waals surface area contributed by atoms with Gasteiger partial charge in [0.05, 0.1) is 15.5 Å². The van der Waals surface area contributed by atoms with Crippen molar-refractivity contribution in [1.29, 1.82) is 0 Å². The van der Waals surface area contributed by atoms with Crippen LogP contribution >= 0.6 is 0 Å². The minimum atomic E-state index is -4.91. The first-order valence-electron chi connectivity index (χ1n) is 16.8. The molecule has 1 heterocycles. The minimum absolute atomic E-state index is 0.0464. The number of fused-ring (bicyclic) bond motifs is 2. The van der Waals surface area contributed by atoms with Crippen molar-refractivity contribution in [3.8, 4) is 0 Å². The normalized spacial score (nSPS) is 14.1. The molecule has 4 aromatic carbocycles. The highest BCUT2D eigenvalue weighted by molar-refractivity contribution is 7.87. The average Bonchev–Trinajstić information content (AvgIpc) is 3.09. The molecule has 0 aliphatic carbocycles. The van der Waals surface area contributed by atoms with Gasteiger partial charge in [0, 0.05) is 62.7 Å². The predicted octanol–water partition coefficient (Wildman–Crippen LogP) is 2.78. The number of rotatable bonds is 14. The van der Waals surface area contributed by atoms with Crippen LogP contribution in [0.1, 0.15) is 35.1 Å². The molecule has 0 saturated carbocycles. The number of aliphatic imine (C=N–C) groups is 1. The van der Waals surface area contributed by atoms with Crippen molar-refractivity contribution < 1.29 is 61.8 Å². The van der Waals surface area contributed by atoms with Crippen LogP contribution in [0.3, 0.4) is 0 Å². The van der Waals surface area contributed by atoms with Gasteiger partial charge >= 0.3 is 5.97 Å². The summed E-state index contributed by atoms with van der Waals surface area (Å²) in [4.78, 5) is 16.6. The maximum Gasteiger partial charge on any atom is 0.303 e. The summed E-state index contributed by atoms with van der Waals surface area (Å²) >= 11 is 0. The smallest absolute Gasteiger partial charge is 0.303 e. The van der Waals surface area contributed by atoms with Crippen molar-refractivity contribution in [3.05, 3.63) is 95.1 Å². The van der Waals surface area contributed by atoms with E-state index in [1.54, 1.807) is 36.0 Å². The van der Waals surface area contributed by atoms with Gasteiger partial charge in [0.2, 0.25) is 0 Å². The Kier molecular flexibility index (Phi) is 12.0. The molecule has 0 radical (unpaired) electrons. The van der Waals surface area contributed by atoms with Gasteiger partial charge in [-0.05, 0) is 76.5 Å². The van der Waals surface area contributed by atoms with E-state index in [1.807, 2.05) is 24.3 Å². The molecule has 17 nitrogen and oxygen atoms in total. The first-order chi connectivity index (χ1) is 26.2. The van der Waals surface area contributed by atoms with E-state index in [2.05, 4.69) is 13.1 Å². The molecule has 0 amide bonds. The molecule has 22 heteroatoms. The van der Waals surface area contributed by atoms with Crippen LogP contribution in [0.2, 0.25) is 13.1 Å². The van der Waals surface area contributed by atoms with Crippen LogP contribution in [-0.2, 0) is 58.4 Å². The highest BCUT2D eigenvalue weighted by Gasteiger charge is 2.38. The lowest BCUT2D eigenvalue weighted by Crippen LogP contribution is -2.60. The van der Waals surface area contributed by atoms with Crippen LogP contribution in [0.15, 0.2) is 97.4 Å². The van der Waals surface area contributed by atoms with Crippen molar-refractivity contribution in [2.24, 2.45) is 4.99 Å². The molecule has 0 aromatic heterocycles. The lowest BCUT2D eigenvalue weighted by atomic mass is 9.99. The second-order valence-corrected chi connectivity index (χ2v) is 23.9. The first-order valence-corrected chi connectivity index (χ1v) is 25.6. The zero-order valence-electron chi connectivity index (χ0n) is 30.8. The molecular formula is C35H39N3O14S4Si. The molecular weight excluding hydrogens is 843 g/mol. The monoisotopic (exact) mass is 881 g/mol. The minimum Gasteiger partial charge on any atom is -0.481 e. The van der Waals surface area contributed by atoms with Gasteiger partial charge in [-0.15, -0.1) is 0 Å². The zero-order valence-corrected chi connectivity index (χ0v) is 35.1. The van der Waals surface area contributed by atoms with Gasteiger partial charge in [0.15, 0.2) is 0 Å². The molecule has 0 unspecified atom stereocenters. The molecule has 1 aliphatic heterocycles. The van der Waals surface area contributed by atoms with Gasteiger partial charge in [-0.1, -0.05) is 37.4 Å². The summed E-state index contributed by atoms with van der Waals surface area (Å²) < 4.78 is 135. The molecule has 0 saturated heterocycles. The number of aliphatic carboxylic acids is 1. The van der Waals surface area contributed by atoms with E-state index in [1.165, 1.54) is 12.1 Å². The third-order valence-corrected chi connectivity index (χ3v) is 16.7. The second-order valence-electron chi connectivity index (χ2n) is 14.0. The molecule has 5 rings (SSSR count). The van der Waals surface area contributed by atoms with Crippen LogP contribution in [0, 0.1) is 0 Å². The molecule has 0 spiro atoms. The lowest BCUT2D eigenvalue weighted by molar-refractivity contribution is -0.137. The summed E-state index contributed by atoms with van der Waals surface area (Å²) in [5.41, 5.74) is 3.51. The second kappa shape index (κ2) is 15.7. The Morgan fingerprint density at radius 3 is 1.37 bits per heavy atom. The fourth-order valence-corrected chi connectivity index (χ4v) is 12.4. The van der Waals surface area contributed by atoms with Crippen molar-refractivity contribution in [1.82, 2.24) is 0 Å². The van der Waals surface area contributed by atoms with E-state index in [0.29, 0.717) is 29.2 Å². The fourth-order valence-electron chi connectivity index (χ4n) is 6.69. The van der Waals surface area contributed by atoms with E-state index < -0.39 is 74.1 Å². The standard InChI is InChI=1S/C35H39N3O14S4Si/c1-37(20-22-7-11-26(53(41,42)43)18-30(22)55(47,48)49)24-9-13-28-32(16-24)57(3,4)33-17-25(10-14-29(33)35(28)36-15-5-6-34(39)40)38(2)21-23-8-12-27(54(44,45)46)19-31(23)56(50,51)52/h7-14,16-19H,5-6,15,20-21H2,1-4H3,(H,39,40)(H,41,42,43)(H,44,45,46)(H,47,48,49)(H,50,51,52). The summed E-state index contributed by atoms with van der Waals surface area (Å²) in [6.07, 6.45) is 0.169. The number of nitrogens with zero attached hydrogens (tertiary/aromatic N) is 3. The maximum atomic E-state index is 12.3. The van der Waals surface area contributed by atoms with Crippen LogP contribution in [0.5, 0.6) is 0 Å². The molecule has 0 bridgehead atoms. The molecule has 5 N–H and O–H groups in total. The first kappa shape index (κ1) is 43.6. The van der Waals surface area contributed by atoms with E-state index >= 15 is 0 Å². The lowest BCUT2D eigenvalue weighted by Gasteiger charge is -2.36. The van der Waals surface area contributed by atoms with Gasteiger partial charge in [0.25, 0.3) is 40.5 Å². The van der Waals surface area contributed by atoms with Crippen molar-refractivity contribution in [2.45, 2.75) is 58.6 Å². The largest absolute Gasteiger partial charge is 0.481 e. The molecule has 0 fully saturated rings. The third-order valence-electron chi connectivity index (χ3n) is 9.61. The number of benzene rings is 4. The number of carboxylic acids is 1. The SMILES string of the molecule is CN(Cc1ccc(S(=O)(=O)O)cc1S(=O)(=O)O)c1ccc2c(c1)[Si](C)(C)c1cc(N(C)Cc3ccc(S(=O)(=O)O)cc3S(=O)(=O)O)ccc1C2=NCCCC(=O)O. The topological polar surface area (TPSA) is 274 Å². The van der Waals surface area contributed by atoms with Crippen LogP contribution < -0.4 is 20.2 Å². The van der Waals surface area contributed by atoms with E-state index in [9.17, 15) is 61.8 Å². The van der Waals surface area contributed by atoms with Gasteiger partial charge in [-0.25, -0.2) is 0 Å². The Morgan fingerprint density at radius 2 is 1.02 bits per heavy atom. The van der Waals surface area contributed by atoms with Crippen molar-refractivity contribution in [3.63, 3.8) is 0 Å². The molecule has 306 valence electrons. The number of hydrogen-bond donors (Lipinski definition) is 5. The molecule has 4 aromatic rings. The Hall–Kier alpha value is -4.52. The highest BCUT2D eigenvalue weighted by Crippen LogP contribution is 2.30. The number of anilines is 2. The van der Waals surface area contributed by atoms with Gasteiger partial charge in [-0.3, -0.25) is 28.0 Å². The predicted molar refractivity (Wildman–Crippen MR) is 213 cm³/mol. The summed E-state index contributed by atoms with van der Waals surface area (Å²) in [7, 11) is -18.8. The quantitative estimate of drug-likeness (QED) is 0.0692. The van der Waals surface area contributed by atoms with Crippen LogP contribution in [0.25, 0.3) is 0 Å². The average molecular weight is 882 g/mol. The van der Waals surface area contributed by atoms with E-state index in [4.69, 9.17) is 4.99 Å². The Balaban J connectivity index is 1.58. The van der Waals surface area contributed by atoms with Crippen LogP contribution in [-0.4, -0.2) is 97.4 Å². The maximum absolute atomic E-state index is 12.3. The Labute approximate surface area is 331 Å². The Bertz CT molecular complexity index is 2600. The fraction of sp³-hybridized carbons (Fsp3) is 0.257. The van der Waals surface area contributed by atoms with E-state index in [-0.39, 0.29) is 43.6 Å². The van der Waals surface area contributed by atoms with Gasteiger partial charge in [-0.2, -0.15) is 33.7 Å². The number of carboxylic acid groups (broad SMARTS) is 1. The summed E-state index contributed by atoms with van der Waals surface area (Å²) in [5.74, 6) is -0.969. The molecule has 57 heavy (non-hydrogen) atoms. The zero-order chi connectivity index (χ0) is 42.5. The number of hydrogen-bond acceptors (Lipinski definition) is 12.